The van der Waals surface area contributed by atoms with Crippen molar-refractivity contribution >= 4 is 17.9 Å². The predicted octanol–water partition coefficient (Wildman–Crippen LogP) is 0.819. The summed E-state index contributed by atoms with van der Waals surface area (Å²) in [6, 6.07) is -0.490. The number of carbonyl (C=O) groups is 3. The summed E-state index contributed by atoms with van der Waals surface area (Å²) in [5.41, 5.74) is -1.28. The van der Waals surface area contributed by atoms with Crippen LogP contribution in [0, 0.1) is 11.8 Å². The number of hydrogen-bond donors (Lipinski definition) is 1. The topological polar surface area (TPSA) is 84.9 Å². The lowest BCUT2D eigenvalue weighted by atomic mass is 9.96. The van der Waals surface area contributed by atoms with Crippen molar-refractivity contribution in [2.45, 2.75) is 50.2 Å². The van der Waals surface area contributed by atoms with E-state index in [9.17, 15) is 14.4 Å². The SMILES string of the molecule is CC1(C2CC2)NC(=O)N(CC(=O)OC2(C3CCOC3)CC2)C1=O. The second-order valence-electron chi connectivity index (χ2n) is 7.40. The van der Waals surface area contributed by atoms with E-state index >= 15 is 0 Å². The molecular weight excluding hydrogens is 300 g/mol. The van der Waals surface area contributed by atoms with Gasteiger partial charge in [0.1, 0.15) is 17.7 Å². The predicted molar refractivity (Wildman–Crippen MR) is 78.4 cm³/mol. The van der Waals surface area contributed by atoms with Crippen LogP contribution in [0.5, 0.6) is 0 Å². The largest absolute Gasteiger partial charge is 0.457 e. The molecule has 0 spiro atoms. The lowest BCUT2D eigenvalue weighted by molar-refractivity contribution is -0.157. The molecule has 2 aliphatic carbocycles. The fraction of sp³-hybridized carbons (Fsp3) is 0.812. The number of imide groups is 1. The molecular formula is C16H22N2O5. The van der Waals surface area contributed by atoms with Gasteiger partial charge in [0.05, 0.1) is 6.61 Å². The number of nitrogens with zero attached hydrogens (tertiary/aromatic N) is 1. The van der Waals surface area contributed by atoms with Gasteiger partial charge in [-0.3, -0.25) is 14.5 Å². The summed E-state index contributed by atoms with van der Waals surface area (Å²) < 4.78 is 11.0. The van der Waals surface area contributed by atoms with Crippen LogP contribution in [0.4, 0.5) is 4.79 Å². The van der Waals surface area contributed by atoms with E-state index in [1.807, 2.05) is 0 Å². The second kappa shape index (κ2) is 4.93. The number of amides is 3. The van der Waals surface area contributed by atoms with E-state index in [0.29, 0.717) is 13.2 Å². The Hall–Kier alpha value is -1.63. The van der Waals surface area contributed by atoms with Crippen LogP contribution >= 0.6 is 0 Å². The minimum Gasteiger partial charge on any atom is -0.457 e. The van der Waals surface area contributed by atoms with Crippen molar-refractivity contribution in [3.05, 3.63) is 0 Å². The van der Waals surface area contributed by atoms with Gasteiger partial charge in [-0.05, 0) is 44.9 Å². The summed E-state index contributed by atoms with van der Waals surface area (Å²) in [5.74, 6) is -0.384. The Labute approximate surface area is 134 Å². The maximum atomic E-state index is 12.5. The Morgan fingerprint density at radius 2 is 2.04 bits per heavy atom. The van der Waals surface area contributed by atoms with Gasteiger partial charge in [-0.2, -0.15) is 0 Å². The molecule has 7 heteroatoms. The fourth-order valence-corrected chi connectivity index (χ4v) is 3.85. The molecule has 0 aromatic heterocycles. The van der Waals surface area contributed by atoms with Crippen LogP contribution in [-0.4, -0.2) is 53.7 Å². The molecule has 4 aliphatic rings. The Morgan fingerprint density at radius 1 is 1.30 bits per heavy atom. The van der Waals surface area contributed by atoms with Crippen LogP contribution < -0.4 is 5.32 Å². The number of ether oxygens (including phenoxy) is 2. The zero-order chi connectivity index (χ0) is 16.2. The molecule has 0 radical (unpaired) electrons. The third-order valence-electron chi connectivity index (χ3n) is 5.72. The molecule has 2 heterocycles. The van der Waals surface area contributed by atoms with Crippen molar-refractivity contribution in [3.8, 4) is 0 Å². The van der Waals surface area contributed by atoms with Gasteiger partial charge < -0.3 is 14.8 Å². The second-order valence-corrected chi connectivity index (χ2v) is 7.40. The van der Waals surface area contributed by atoms with Gasteiger partial charge in [-0.25, -0.2) is 4.79 Å². The number of nitrogens with one attached hydrogen (secondary N) is 1. The monoisotopic (exact) mass is 322 g/mol. The van der Waals surface area contributed by atoms with Crippen LogP contribution in [0.3, 0.4) is 0 Å². The molecule has 126 valence electrons. The number of esters is 1. The molecule has 0 aromatic carbocycles. The van der Waals surface area contributed by atoms with Crippen molar-refractivity contribution < 1.29 is 23.9 Å². The quantitative estimate of drug-likeness (QED) is 0.598. The van der Waals surface area contributed by atoms with Crippen molar-refractivity contribution in [1.29, 1.82) is 0 Å². The Morgan fingerprint density at radius 3 is 2.61 bits per heavy atom. The van der Waals surface area contributed by atoms with Gasteiger partial charge in [0.15, 0.2) is 0 Å². The van der Waals surface area contributed by atoms with E-state index < -0.39 is 23.1 Å². The van der Waals surface area contributed by atoms with Crippen LogP contribution in [0.1, 0.15) is 39.0 Å². The molecule has 3 amide bonds. The Balaban J connectivity index is 1.39. The highest BCUT2D eigenvalue weighted by atomic mass is 16.6. The lowest BCUT2D eigenvalue weighted by Crippen LogP contribution is -2.46. The zero-order valence-corrected chi connectivity index (χ0v) is 13.3. The molecule has 4 fully saturated rings. The van der Waals surface area contributed by atoms with Gasteiger partial charge in [0.25, 0.3) is 5.91 Å². The van der Waals surface area contributed by atoms with Gasteiger partial charge in [-0.1, -0.05) is 0 Å². The van der Waals surface area contributed by atoms with Crippen LogP contribution in [0.2, 0.25) is 0 Å². The molecule has 2 unspecified atom stereocenters. The number of rotatable bonds is 5. The zero-order valence-electron chi connectivity index (χ0n) is 13.3. The summed E-state index contributed by atoms with van der Waals surface area (Å²) in [6.07, 6.45) is 4.45. The van der Waals surface area contributed by atoms with Gasteiger partial charge >= 0.3 is 12.0 Å². The first-order valence-electron chi connectivity index (χ1n) is 8.38. The summed E-state index contributed by atoms with van der Waals surface area (Å²) in [6.45, 7) is 2.77. The van der Waals surface area contributed by atoms with E-state index in [1.165, 1.54) is 0 Å². The van der Waals surface area contributed by atoms with Gasteiger partial charge in [0.2, 0.25) is 0 Å². The maximum absolute atomic E-state index is 12.5. The first kappa shape index (κ1) is 14.9. The molecule has 23 heavy (non-hydrogen) atoms. The standard InChI is InChI=1S/C16H22N2O5/c1-15(10-2-3-10)13(20)18(14(21)17-15)8-12(19)23-16(5-6-16)11-4-7-22-9-11/h10-11H,2-9H2,1H3,(H,17,21). The van der Waals surface area contributed by atoms with Crippen molar-refractivity contribution in [1.82, 2.24) is 10.2 Å². The minimum atomic E-state index is -0.853. The smallest absolute Gasteiger partial charge is 0.326 e. The third-order valence-corrected chi connectivity index (χ3v) is 5.72. The normalized spacial score (nSPS) is 35.3. The number of urea groups is 1. The highest BCUT2D eigenvalue weighted by Crippen LogP contribution is 2.49. The van der Waals surface area contributed by atoms with Crippen LogP contribution in [-0.2, 0) is 19.1 Å². The van der Waals surface area contributed by atoms with Crippen molar-refractivity contribution in [2.75, 3.05) is 19.8 Å². The van der Waals surface area contributed by atoms with Crippen LogP contribution in [0.15, 0.2) is 0 Å². The molecule has 2 atom stereocenters. The summed E-state index contributed by atoms with van der Waals surface area (Å²) in [4.78, 5) is 37.8. The average molecular weight is 322 g/mol. The summed E-state index contributed by atoms with van der Waals surface area (Å²) in [7, 11) is 0. The molecule has 0 aromatic rings. The van der Waals surface area contributed by atoms with E-state index in [2.05, 4.69) is 5.32 Å². The summed E-state index contributed by atoms with van der Waals surface area (Å²) in [5, 5.41) is 2.74. The number of hydrogen-bond acceptors (Lipinski definition) is 5. The molecule has 2 saturated carbocycles. The molecule has 1 N–H and O–H groups in total. The molecule has 4 rings (SSSR count). The van der Waals surface area contributed by atoms with Crippen molar-refractivity contribution in [3.63, 3.8) is 0 Å². The first-order chi connectivity index (χ1) is 10.9. The maximum Gasteiger partial charge on any atom is 0.326 e. The third kappa shape index (κ3) is 2.41. The van der Waals surface area contributed by atoms with E-state index in [4.69, 9.17) is 9.47 Å². The minimum absolute atomic E-state index is 0.186. The lowest BCUT2D eigenvalue weighted by Gasteiger charge is -2.24. The van der Waals surface area contributed by atoms with Crippen LogP contribution in [0.25, 0.3) is 0 Å². The first-order valence-corrected chi connectivity index (χ1v) is 8.38. The average Bonchev–Trinajstić information content (AvgIpc) is 3.42. The van der Waals surface area contributed by atoms with Crippen molar-refractivity contribution in [2.24, 2.45) is 11.8 Å². The van der Waals surface area contributed by atoms with E-state index in [0.717, 1.165) is 37.0 Å². The fourth-order valence-electron chi connectivity index (χ4n) is 3.85. The molecule has 7 nitrogen and oxygen atoms in total. The highest BCUT2D eigenvalue weighted by molar-refractivity contribution is 6.08. The summed E-state index contributed by atoms with van der Waals surface area (Å²) >= 11 is 0. The Bertz CT molecular complexity index is 563. The van der Waals surface area contributed by atoms with Gasteiger partial charge in [0, 0.05) is 12.5 Å². The Kier molecular flexibility index (Phi) is 3.20. The van der Waals surface area contributed by atoms with E-state index in [1.54, 1.807) is 6.92 Å². The molecule has 0 bridgehead atoms. The molecule has 2 aliphatic heterocycles. The van der Waals surface area contributed by atoms with Gasteiger partial charge in [-0.15, -0.1) is 0 Å². The number of carbonyl (C=O) groups excluding carboxylic acids is 3. The van der Waals surface area contributed by atoms with E-state index in [-0.39, 0.29) is 24.3 Å². The highest BCUT2D eigenvalue weighted by Gasteiger charge is 2.57. The molecule has 2 saturated heterocycles.